The number of rotatable bonds is 3. The van der Waals surface area contributed by atoms with E-state index in [4.69, 9.17) is 51.2 Å². The van der Waals surface area contributed by atoms with Crippen molar-refractivity contribution in [3.05, 3.63) is 22.7 Å². The molecule has 0 aromatic rings. The smallest absolute Gasteiger partial charge is 0.259 e. The zero-order valence-corrected chi connectivity index (χ0v) is 13.1. The molecule has 0 aromatic heterocycles. The Bertz CT molecular complexity index is 535. The van der Waals surface area contributed by atoms with E-state index in [-0.39, 0.29) is 23.1 Å². The van der Waals surface area contributed by atoms with Crippen LogP contribution in [0.5, 0.6) is 0 Å². The number of halogens is 4. The van der Waals surface area contributed by atoms with Crippen LogP contribution in [0, 0.1) is 11.8 Å². The number of fused-ring (bicyclic) bond motifs is 5. The van der Waals surface area contributed by atoms with Crippen molar-refractivity contribution < 1.29 is 14.4 Å². The first-order valence-electron chi connectivity index (χ1n) is 5.84. The summed E-state index contributed by atoms with van der Waals surface area (Å²) < 4.78 is 0. The number of carbonyl (C=O) groups is 2. The standard InChI is InChI=1S/C12H9Cl4NO3/c1-2-3-20-17-9(18)5-6(10(17)19)12(16)4-11(5,15)7(13)8(12)14/h2,5-6H,1,3-4H2/t5-,6-,11+,12+/m1/s1. The molecule has 2 aliphatic carbocycles. The fourth-order valence-electron chi connectivity index (χ4n) is 3.21. The van der Waals surface area contributed by atoms with E-state index in [1.807, 2.05) is 0 Å². The molecule has 20 heavy (non-hydrogen) atoms. The molecular weight excluding hydrogens is 348 g/mol. The van der Waals surface area contributed by atoms with Crippen molar-refractivity contribution in [1.29, 1.82) is 0 Å². The lowest BCUT2D eigenvalue weighted by Gasteiger charge is -2.28. The lowest BCUT2D eigenvalue weighted by Crippen LogP contribution is -2.38. The van der Waals surface area contributed by atoms with Gasteiger partial charge in [0, 0.05) is 0 Å². The Labute approximate surface area is 135 Å². The predicted molar refractivity (Wildman–Crippen MR) is 75.5 cm³/mol. The molecule has 1 aliphatic heterocycles. The summed E-state index contributed by atoms with van der Waals surface area (Å²) in [4.78, 5) is 27.4. The van der Waals surface area contributed by atoms with E-state index in [9.17, 15) is 9.59 Å². The van der Waals surface area contributed by atoms with Gasteiger partial charge in [-0.1, -0.05) is 29.3 Å². The molecule has 1 saturated carbocycles. The molecule has 8 heteroatoms. The second-order valence-corrected chi connectivity index (χ2v) is 7.15. The van der Waals surface area contributed by atoms with Gasteiger partial charge in [0.25, 0.3) is 11.8 Å². The molecule has 2 fully saturated rings. The summed E-state index contributed by atoms with van der Waals surface area (Å²) in [6, 6.07) is 0. The van der Waals surface area contributed by atoms with Gasteiger partial charge in [-0.05, 0) is 6.42 Å². The highest BCUT2D eigenvalue weighted by Gasteiger charge is 2.76. The Kier molecular flexibility index (Phi) is 3.20. The number of hydroxylamine groups is 2. The number of hydrogen-bond acceptors (Lipinski definition) is 3. The van der Waals surface area contributed by atoms with Gasteiger partial charge >= 0.3 is 0 Å². The SMILES string of the molecule is C=CCON1C(=O)[C@H]2[C@H](C1=O)[C@@]1(Cl)C[C@@]2(Cl)C(Cl)=C1Cl. The van der Waals surface area contributed by atoms with Crippen LogP contribution in [0.4, 0.5) is 0 Å². The Morgan fingerprint density at radius 2 is 1.65 bits per heavy atom. The molecule has 0 aromatic carbocycles. The fraction of sp³-hybridized carbons (Fsp3) is 0.500. The minimum Gasteiger partial charge on any atom is -0.272 e. The summed E-state index contributed by atoms with van der Waals surface area (Å²) in [5.41, 5.74) is 0. The van der Waals surface area contributed by atoms with Crippen LogP contribution in [0.1, 0.15) is 6.42 Å². The van der Waals surface area contributed by atoms with Crippen LogP contribution in [0.3, 0.4) is 0 Å². The van der Waals surface area contributed by atoms with E-state index in [1.54, 1.807) is 0 Å². The first-order valence-corrected chi connectivity index (χ1v) is 7.36. The van der Waals surface area contributed by atoms with Gasteiger partial charge in [0.1, 0.15) is 0 Å². The van der Waals surface area contributed by atoms with Gasteiger partial charge < -0.3 is 0 Å². The van der Waals surface area contributed by atoms with E-state index in [0.717, 1.165) is 0 Å². The summed E-state index contributed by atoms with van der Waals surface area (Å²) in [5.74, 6) is -2.79. The Balaban J connectivity index is 2.05. The Hall–Kier alpha value is -0.260. The number of hydrogen-bond donors (Lipinski definition) is 0. The molecule has 4 nitrogen and oxygen atoms in total. The summed E-state index contributed by atoms with van der Waals surface area (Å²) in [5, 5.41) is 0.983. The van der Waals surface area contributed by atoms with Crippen LogP contribution in [0.25, 0.3) is 0 Å². The molecule has 2 amide bonds. The molecule has 0 radical (unpaired) electrons. The predicted octanol–water partition coefficient (Wildman–Crippen LogP) is 2.77. The van der Waals surface area contributed by atoms with Crippen LogP contribution >= 0.6 is 46.4 Å². The number of allylic oxidation sites excluding steroid dienone is 2. The summed E-state index contributed by atoms with van der Waals surface area (Å²) in [6.07, 6.45) is 1.58. The molecule has 4 atom stereocenters. The Morgan fingerprint density at radius 1 is 1.20 bits per heavy atom. The number of carbonyl (C=O) groups excluding carboxylic acids is 2. The second kappa shape index (κ2) is 4.37. The van der Waals surface area contributed by atoms with Crippen LogP contribution in [-0.2, 0) is 14.4 Å². The molecule has 1 heterocycles. The zero-order valence-electron chi connectivity index (χ0n) is 10.0. The zero-order chi connectivity index (χ0) is 14.9. The van der Waals surface area contributed by atoms with E-state index < -0.39 is 33.4 Å². The third kappa shape index (κ3) is 1.49. The summed E-state index contributed by atoms with van der Waals surface area (Å²) in [6.45, 7) is 3.48. The third-order valence-corrected chi connectivity index (χ3v) is 6.47. The van der Waals surface area contributed by atoms with Crippen molar-refractivity contribution in [3.8, 4) is 0 Å². The third-order valence-electron chi connectivity index (χ3n) is 4.01. The lowest BCUT2D eigenvalue weighted by molar-refractivity contribution is -0.186. The van der Waals surface area contributed by atoms with Crippen LogP contribution in [0.2, 0.25) is 0 Å². The minimum atomic E-state index is -1.23. The van der Waals surface area contributed by atoms with Crippen LogP contribution in [0.15, 0.2) is 22.7 Å². The first-order chi connectivity index (χ1) is 9.29. The highest BCUT2D eigenvalue weighted by atomic mass is 35.5. The number of nitrogens with zero attached hydrogens (tertiary/aromatic N) is 1. The van der Waals surface area contributed by atoms with Gasteiger partial charge in [-0.2, -0.15) is 5.06 Å². The molecule has 0 spiro atoms. The van der Waals surface area contributed by atoms with Gasteiger partial charge in [-0.3, -0.25) is 14.4 Å². The van der Waals surface area contributed by atoms with Gasteiger partial charge in [-0.25, -0.2) is 0 Å². The quantitative estimate of drug-likeness (QED) is 0.443. The molecule has 3 aliphatic rings. The second-order valence-electron chi connectivity index (χ2n) is 5.04. The lowest BCUT2D eigenvalue weighted by atomic mass is 9.84. The Morgan fingerprint density at radius 3 is 2.05 bits per heavy atom. The highest BCUT2D eigenvalue weighted by molar-refractivity contribution is 6.52. The molecule has 1 saturated heterocycles. The van der Waals surface area contributed by atoms with Gasteiger partial charge in [0.05, 0.1) is 38.3 Å². The van der Waals surface area contributed by atoms with Crippen LogP contribution in [-0.4, -0.2) is 33.2 Å². The molecule has 0 N–H and O–H groups in total. The topological polar surface area (TPSA) is 46.6 Å². The van der Waals surface area contributed by atoms with Gasteiger partial charge in [0.15, 0.2) is 0 Å². The summed E-state index contributed by atoms with van der Waals surface area (Å²) in [7, 11) is 0. The highest BCUT2D eigenvalue weighted by Crippen LogP contribution is 2.69. The monoisotopic (exact) mass is 355 g/mol. The molecule has 108 valence electrons. The van der Waals surface area contributed by atoms with Crippen molar-refractivity contribution in [2.75, 3.05) is 6.61 Å². The van der Waals surface area contributed by atoms with Crippen LogP contribution < -0.4 is 0 Å². The average molecular weight is 357 g/mol. The van der Waals surface area contributed by atoms with Gasteiger partial charge in [0.2, 0.25) is 0 Å². The normalized spacial score (nSPS) is 42.7. The molecular formula is C12H9Cl4NO3. The van der Waals surface area contributed by atoms with Crippen molar-refractivity contribution in [1.82, 2.24) is 5.06 Å². The van der Waals surface area contributed by atoms with Crippen molar-refractivity contribution in [2.45, 2.75) is 16.2 Å². The van der Waals surface area contributed by atoms with Crippen molar-refractivity contribution in [2.24, 2.45) is 11.8 Å². The maximum atomic E-state index is 12.4. The van der Waals surface area contributed by atoms with E-state index in [1.165, 1.54) is 6.08 Å². The molecule has 2 bridgehead atoms. The minimum absolute atomic E-state index is 0.0242. The van der Waals surface area contributed by atoms with Crippen molar-refractivity contribution in [3.63, 3.8) is 0 Å². The number of amides is 2. The number of imide groups is 1. The van der Waals surface area contributed by atoms with Crippen molar-refractivity contribution >= 4 is 58.2 Å². The maximum absolute atomic E-state index is 12.4. The molecule has 0 unspecified atom stereocenters. The first kappa shape index (κ1) is 14.7. The summed E-state index contributed by atoms with van der Waals surface area (Å²) >= 11 is 25.1. The van der Waals surface area contributed by atoms with Gasteiger partial charge in [-0.15, -0.1) is 29.8 Å². The molecule has 3 rings (SSSR count). The van der Waals surface area contributed by atoms with E-state index in [2.05, 4.69) is 6.58 Å². The largest absolute Gasteiger partial charge is 0.272 e. The fourth-order valence-corrected chi connectivity index (χ4v) is 5.13. The van der Waals surface area contributed by atoms with E-state index >= 15 is 0 Å². The van der Waals surface area contributed by atoms with E-state index in [0.29, 0.717) is 5.06 Å². The average Bonchev–Trinajstić information content (AvgIpc) is 2.86. The number of alkyl halides is 2. The maximum Gasteiger partial charge on any atom is 0.259 e.